The van der Waals surface area contributed by atoms with Gasteiger partial charge in [-0.2, -0.15) is 0 Å². The fourth-order valence-electron chi connectivity index (χ4n) is 5.44. The van der Waals surface area contributed by atoms with E-state index in [-0.39, 0.29) is 34.3 Å². The first-order valence-electron chi connectivity index (χ1n) is 14.5. The van der Waals surface area contributed by atoms with Crippen LogP contribution in [-0.2, 0) is 9.59 Å². The van der Waals surface area contributed by atoms with Crippen LogP contribution in [0.1, 0.15) is 85.1 Å². The van der Waals surface area contributed by atoms with Crippen LogP contribution in [0.15, 0.2) is 42.5 Å². The third-order valence-electron chi connectivity index (χ3n) is 7.44. The van der Waals surface area contributed by atoms with Gasteiger partial charge < -0.3 is 21.1 Å². The third kappa shape index (κ3) is 10.9. The largest absolute Gasteiger partial charge is 0.390 e. The zero-order chi connectivity index (χ0) is 30.8. The zero-order valence-corrected chi connectivity index (χ0v) is 26.6. The van der Waals surface area contributed by atoms with E-state index in [0.717, 1.165) is 38.5 Å². The van der Waals surface area contributed by atoms with Crippen LogP contribution in [0.25, 0.3) is 0 Å². The van der Waals surface area contributed by atoms with Crippen molar-refractivity contribution in [1.29, 1.82) is 0 Å². The molecule has 1 saturated carbocycles. The van der Waals surface area contributed by atoms with E-state index in [2.05, 4.69) is 36.7 Å². The molecule has 228 valence electrons. The first-order chi connectivity index (χ1) is 19.3. The van der Waals surface area contributed by atoms with Crippen LogP contribution in [0.4, 0.5) is 10.1 Å². The summed E-state index contributed by atoms with van der Waals surface area (Å²) in [5.74, 6) is -1.32. The highest BCUT2D eigenvalue weighted by Gasteiger charge is 2.44. The van der Waals surface area contributed by atoms with Crippen LogP contribution in [0.2, 0.25) is 10.0 Å². The van der Waals surface area contributed by atoms with E-state index in [1.165, 1.54) is 6.07 Å². The van der Waals surface area contributed by atoms with Crippen LogP contribution < -0.4 is 16.0 Å². The number of rotatable bonds is 6. The number of hydrogen-bond donors (Lipinski definition) is 4. The van der Waals surface area contributed by atoms with E-state index in [4.69, 9.17) is 23.2 Å². The van der Waals surface area contributed by atoms with E-state index in [1.54, 1.807) is 36.4 Å². The summed E-state index contributed by atoms with van der Waals surface area (Å²) in [5, 5.41) is 19.3. The van der Waals surface area contributed by atoms with Crippen molar-refractivity contribution in [2.45, 2.75) is 97.2 Å². The Morgan fingerprint density at radius 3 is 2.37 bits per heavy atom. The van der Waals surface area contributed by atoms with Gasteiger partial charge in [-0.05, 0) is 74.3 Å². The van der Waals surface area contributed by atoms with Crippen molar-refractivity contribution >= 4 is 41.2 Å². The highest BCUT2D eigenvalue weighted by atomic mass is 35.5. The Morgan fingerprint density at radius 1 is 1.15 bits per heavy atom. The number of amides is 2. The molecule has 1 saturated heterocycles. The smallest absolute Gasteiger partial charge is 0.229 e. The Kier molecular flexibility index (Phi) is 13.6. The second-order valence-electron chi connectivity index (χ2n) is 12.1. The number of anilines is 1. The first-order valence-corrected chi connectivity index (χ1v) is 15.2. The van der Waals surface area contributed by atoms with Crippen molar-refractivity contribution in [2.75, 3.05) is 11.9 Å². The van der Waals surface area contributed by atoms with Gasteiger partial charge in [0.05, 0.1) is 16.5 Å². The summed E-state index contributed by atoms with van der Waals surface area (Å²) in [6, 6.07) is 12.2. The lowest BCUT2D eigenvalue weighted by atomic mass is 9.78. The minimum Gasteiger partial charge on any atom is -0.390 e. The average Bonchev–Trinajstić information content (AvgIpc) is 3.30. The first kappa shape index (κ1) is 35.0. The maximum absolute atomic E-state index is 14.7. The summed E-state index contributed by atoms with van der Waals surface area (Å²) in [6.45, 7) is 12.8. The fourth-order valence-corrected chi connectivity index (χ4v) is 5.81. The van der Waals surface area contributed by atoms with E-state index in [0.29, 0.717) is 22.8 Å². The Bertz CT molecular complexity index is 1130. The molecule has 2 amide bonds. The van der Waals surface area contributed by atoms with Gasteiger partial charge in [0, 0.05) is 35.3 Å². The van der Waals surface area contributed by atoms with Crippen molar-refractivity contribution < 1.29 is 19.1 Å². The molecule has 0 radical (unpaired) electrons. The molecule has 2 fully saturated rings. The molecule has 0 bridgehead atoms. The Balaban J connectivity index is 0.000000378. The lowest BCUT2D eigenvalue weighted by Crippen LogP contribution is -2.38. The highest BCUT2D eigenvalue weighted by Crippen LogP contribution is 2.39. The summed E-state index contributed by atoms with van der Waals surface area (Å²) in [5.41, 5.74) is 0.626. The van der Waals surface area contributed by atoms with Gasteiger partial charge in [0.25, 0.3) is 0 Å². The van der Waals surface area contributed by atoms with Crippen LogP contribution >= 0.6 is 23.2 Å². The highest BCUT2D eigenvalue weighted by molar-refractivity contribution is 6.31. The van der Waals surface area contributed by atoms with E-state index in [1.807, 2.05) is 20.8 Å². The van der Waals surface area contributed by atoms with Gasteiger partial charge in [-0.1, -0.05) is 76.0 Å². The van der Waals surface area contributed by atoms with Crippen molar-refractivity contribution in [2.24, 2.45) is 11.3 Å². The van der Waals surface area contributed by atoms with Gasteiger partial charge in [-0.3, -0.25) is 9.59 Å². The maximum atomic E-state index is 14.7. The molecule has 0 spiro atoms. The molecule has 9 heteroatoms. The van der Waals surface area contributed by atoms with Crippen molar-refractivity contribution in [3.63, 3.8) is 0 Å². The maximum Gasteiger partial charge on any atom is 0.229 e. The SMILES string of the molecule is CC.CC(C)(C)CC1NCC(c2cccc(Cl)c2F)C1C(=O)Nc1cccc(Cl)c1.CC1(O)CCC(NC=O)CC1. The third-order valence-corrected chi connectivity index (χ3v) is 7.97. The molecule has 2 aromatic carbocycles. The molecule has 1 aliphatic heterocycles. The fraction of sp³-hybridized carbons (Fsp3) is 0.562. The van der Waals surface area contributed by atoms with E-state index >= 15 is 0 Å². The predicted octanol–water partition coefficient (Wildman–Crippen LogP) is 7.33. The van der Waals surface area contributed by atoms with Crippen LogP contribution in [-0.4, -0.2) is 41.7 Å². The Hall–Kier alpha value is -2.19. The summed E-state index contributed by atoms with van der Waals surface area (Å²) < 4.78 is 14.7. The average molecular weight is 611 g/mol. The van der Waals surface area contributed by atoms with E-state index < -0.39 is 17.3 Å². The van der Waals surface area contributed by atoms with Crippen molar-refractivity contribution in [3.8, 4) is 0 Å². The normalized spacial score (nSPS) is 25.6. The Morgan fingerprint density at radius 2 is 1.78 bits per heavy atom. The van der Waals surface area contributed by atoms with Gasteiger partial charge in [0.15, 0.2) is 0 Å². The molecule has 0 aromatic heterocycles. The van der Waals surface area contributed by atoms with Gasteiger partial charge in [-0.25, -0.2) is 4.39 Å². The molecule has 1 aliphatic carbocycles. The number of aliphatic hydroxyl groups is 1. The van der Waals surface area contributed by atoms with Gasteiger partial charge in [0.1, 0.15) is 5.82 Å². The van der Waals surface area contributed by atoms with Gasteiger partial charge >= 0.3 is 0 Å². The predicted molar refractivity (Wildman–Crippen MR) is 167 cm³/mol. The number of hydrogen-bond acceptors (Lipinski definition) is 4. The molecule has 2 aliphatic rings. The second-order valence-corrected chi connectivity index (χ2v) is 13.0. The lowest BCUT2D eigenvalue weighted by Gasteiger charge is -2.32. The molecular formula is C32H46Cl2FN3O3. The van der Waals surface area contributed by atoms with Gasteiger partial charge in [-0.15, -0.1) is 0 Å². The monoisotopic (exact) mass is 609 g/mol. The number of nitrogens with one attached hydrogen (secondary N) is 3. The Labute approximate surface area is 254 Å². The minimum absolute atomic E-state index is 0.0218. The summed E-state index contributed by atoms with van der Waals surface area (Å²) in [6.07, 6.45) is 4.90. The lowest BCUT2D eigenvalue weighted by molar-refractivity contribution is -0.120. The standard InChI is InChI=1S/C22H25Cl2FN2O.C8H15NO2.C2H6/c1-22(2,3)11-18-19(21(28)27-14-7-4-6-13(23)10-14)16(12-26-18)15-8-5-9-17(24)20(15)25;1-8(11)4-2-7(3-5-8)9-6-10;1-2/h4-10,16,18-19,26H,11-12H2,1-3H3,(H,27,28);6-7,11H,2-5H2,1H3,(H,9,10);1-2H3. The topological polar surface area (TPSA) is 90.5 Å². The molecule has 41 heavy (non-hydrogen) atoms. The van der Waals surface area contributed by atoms with Crippen LogP contribution in [0, 0.1) is 17.2 Å². The summed E-state index contributed by atoms with van der Waals surface area (Å²) in [4.78, 5) is 23.3. The molecular weight excluding hydrogens is 564 g/mol. The number of carbonyl (C=O) groups excluding carboxylic acids is 2. The van der Waals surface area contributed by atoms with E-state index in [9.17, 15) is 19.1 Å². The molecule has 3 atom stereocenters. The van der Waals surface area contributed by atoms with Gasteiger partial charge in [0.2, 0.25) is 12.3 Å². The number of carbonyl (C=O) groups is 2. The second kappa shape index (κ2) is 15.9. The molecule has 1 heterocycles. The number of benzene rings is 2. The zero-order valence-electron chi connectivity index (χ0n) is 25.1. The van der Waals surface area contributed by atoms with Crippen molar-refractivity contribution in [3.05, 3.63) is 63.9 Å². The number of halogens is 3. The minimum atomic E-state index is -0.499. The molecule has 2 aromatic rings. The molecule has 4 N–H and O–H groups in total. The summed E-state index contributed by atoms with van der Waals surface area (Å²) >= 11 is 12.0. The molecule has 6 nitrogen and oxygen atoms in total. The molecule has 3 unspecified atom stereocenters. The molecule has 4 rings (SSSR count). The van der Waals surface area contributed by atoms with Crippen LogP contribution in [0.5, 0.6) is 0 Å². The quantitative estimate of drug-likeness (QED) is 0.258. The van der Waals surface area contributed by atoms with Crippen LogP contribution in [0.3, 0.4) is 0 Å². The van der Waals surface area contributed by atoms with Crippen molar-refractivity contribution in [1.82, 2.24) is 10.6 Å². The summed E-state index contributed by atoms with van der Waals surface area (Å²) in [7, 11) is 0.